The van der Waals surface area contributed by atoms with Crippen LogP contribution in [0.2, 0.25) is 0 Å². The quantitative estimate of drug-likeness (QED) is 0.633. The molecule has 29 heavy (non-hydrogen) atoms. The number of benzene rings is 2. The Morgan fingerprint density at radius 3 is 2.38 bits per heavy atom. The van der Waals surface area contributed by atoms with E-state index < -0.39 is 24.4 Å². The molecular formula is C22H26N2O5. The predicted octanol–water partition coefficient (Wildman–Crippen LogP) is 3.12. The van der Waals surface area contributed by atoms with Gasteiger partial charge in [0, 0.05) is 5.69 Å². The van der Waals surface area contributed by atoms with Crippen LogP contribution in [0.5, 0.6) is 5.75 Å². The molecule has 0 fully saturated rings. The SMILES string of the molecule is CC[C@H](C)c1ccc(NC(=O)COC(=O)CNC(=O)c2ccccc2OC)cc1. The summed E-state index contributed by atoms with van der Waals surface area (Å²) in [5.41, 5.74) is 2.13. The van der Waals surface area contributed by atoms with E-state index in [0.29, 0.717) is 22.9 Å². The van der Waals surface area contributed by atoms with Crippen molar-refractivity contribution in [3.05, 3.63) is 59.7 Å². The Morgan fingerprint density at radius 2 is 1.72 bits per heavy atom. The van der Waals surface area contributed by atoms with E-state index in [-0.39, 0.29) is 6.54 Å². The van der Waals surface area contributed by atoms with Crippen molar-refractivity contribution in [3.63, 3.8) is 0 Å². The summed E-state index contributed by atoms with van der Waals surface area (Å²) in [6.07, 6.45) is 1.04. The van der Waals surface area contributed by atoms with Gasteiger partial charge >= 0.3 is 5.97 Å². The molecule has 0 bridgehead atoms. The average molecular weight is 398 g/mol. The second-order valence-corrected chi connectivity index (χ2v) is 6.52. The number of hydrogen-bond donors (Lipinski definition) is 2. The summed E-state index contributed by atoms with van der Waals surface area (Å²) in [5, 5.41) is 5.11. The highest BCUT2D eigenvalue weighted by Crippen LogP contribution is 2.20. The Labute approximate surface area is 170 Å². The second-order valence-electron chi connectivity index (χ2n) is 6.52. The summed E-state index contributed by atoms with van der Waals surface area (Å²) in [4.78, 5) is 35.9. The first-order chi connectivity index (χ1) is 13.9. The Hall–Kier alpha value is -3.35. The van der Waals surface area contributed by atoms with Gasteiger partial charge in [-0.2, -0.15) is 0 Å². The molecule has 2 aromatic rings. The van der Waals surface area contributed by atoms with Crippen molar-refractivity contribution in [1.29, 1.82) is 0 Å². The van der Waals surface area contributed by atoms with Crippen LogP contribution < -0.4 is 15.4 Å². The first-order valence-electron chi connectivity index (χ1n) is 9.41. The minimum absolute atomic E-state index is 0.307. The number of rotatable bonds is 9. The summed E-state index contributed by atoms with van der Waals surface area (Å²) >= 11 is 0. The number of para-hydroxylation sites is 1. The molecule has 0 aliphatic carbocycles. The molecule has 0 heterocycles. The van der Waals surface area contributed by atoms with E-state index in [0.717, 1.165) is 6.42 Å². The van der Waals surface area contributed by atoms with Gasteiger partial charge in [-0.3, -0.25) is 14.4 Å². The Bertz CT molecular complexity index is 849. The first kappa shape index (κ1) is 21.9. The molecule has 0 spiro atoms. The number of carbonyl (C=O) groups excluding carboxylic acids is 3. The topological polar surface area (TPSA) is 93.7 Å². The maximum absolute atomic E-state index is 12.1. The van der Waals surface area contributed by atoms with Crippen LogP contribution in [0.15, 0.2) is 48.5 Å². The van der Waals surface area contributed by atoms with Crippen molar-refractivity contribution in [3.8, 4) is 5.75 Å². The molecule has 154 valence electrons. The van der Waals surface area contributed by atoms with E-state index in [2.05, 4.69) is 24.5 Å². The number of esters is 1. The lowest BCUT2D eigenvalue weighted by Crippen LogP contribution is -2.32. The van der Waals surface area contributed by atoms with E-state index in [9.17, 15) is 14.4 Å². The zero-order valence-corrected chi connectivity index (χ0v) is 16.9. The molecule has 2 amide bonds. The number of anilines is 1. The molecule has 2 aromatic carbocycles. The van der Waals surface area contributed by atoms with Gasteiger partial charge in [-0.15, -0.1) is 0 Å². The molecule has 0 unspecified atom stereocenters. The minimum atomic E-state index is -0.712. The van der Waals surface area contributed by atoms with Gasteiger partial charge < -0.3 is 20.1 Å². The summed E-state index contributed by atoms with van der Waals surface area (Å²) in [5.74, 6) is -0.782. The van der Waals surface area contributed by atoms with Crippen molar-refractivity contribution < 1.29 is 23.9 Å². The van der Waals surface area contributed by atoms with Gasteiger partial charge in [-0.25, -0.2) is 0 Å². The van der Waals surface area contributed by atoms with Crippen molar-refractivity contribution in [2.75, 3.05) is 25.6 Å². The van der Waals surface area contributed by atoms with Crippen LogP contribution in [-0.2, 0) is 14.3 Å². The van der Waals surface area contributed by atoms with Crippen LogP contribution in [-0.4, -0.2) is 38.0 Å². The lowest BCUT2D eigenvalue weighted by Gasteiger charge is -2.11. The molecule has 0 aliphatic rings. The van der Waals surface area contributed by atoms with Crippen molar-refractivity contribution in [2.24, 2.45) is 0 Å². The highest BCUT2D eigenvalue weighted by Gasteiger charge is 2.14. The second kappa shape index (κ2) is 10.8. The van der Waals surface area contributed by atoms with Crippen molar-refractivity contribution >= 4 is 23.5 Å². The van der Waals surface area contributed by atoms with Crippen molar-refractivity contribution in [1.82, 2.24) is 5.32 Å². The number of ether oxygens (including phenoxy) is 2. The van der Waals surface area contributed by atoms with E-state index >= 15 is 0 Å². The molecule has 0 saturated heterocycles. The zero-order valence-electron chi connectivity index (χ0n) is 16.9. The minimum Gasteiger partial charge on any atom is -0.496 e. The van der Waals surface area contributed by atoms with Crippen LogP contribution >= 0.6 is 0 Å². The van der Waals surface area contributed by atoms with Gasteiger partial charge in [0.1, 0.15) is 12.3 Å². The monoisotopic (exact) mass is 398 g/mol. The lowest BCUT2D eigenvalue weighted by atomic mass is 9.99. The highest BCUT2D eigenvalue weighted by molar-refractivity contribution is 5.98. The number of carbonyl (C=O) groups is 3. The third-order valence-corrected chi connectivity index (χ3v) is 4.48. The van der Waals surface area contributed by atoms with Crippen LogP contribution in [0.4, 0.5) is 5.69 Å². The predicted molar refractivity (Wildman–Crippen MR) is 110 cm³/mol. The Kier molecular flexibility index (Phi) is 8.21. The van der Waals surface area contributed by atoms with Crippen LogP contribution in [0, 0.1) is 0 Å². The first-order valence-corrected chi connectivity index (χ1v) is 9.41. The summed E-state index contributed by atoms with van der Waals surface area (Å²) in [7, 11) is 1.46. The molecular weight excluding hydrogens is 372 g/mol. The molecule has 1 atom stereocenters. The smallest absolute Gasteiger partial charge is 0.325 e. The summed E-state index contributed by atoms with van der Waals surface area (Å²) < 4.78 is 10.0. The van der Waals surface area contributed by atoms with Gasteiger partial charge in [-0.1, -0.05) is 38.1 Å². The van der Waals surface area contributed by atoms with Gasteiger partial charge in [-0.05, 0) is 42.2 Å². The van der Waals surface area contributed by atoms with Crippen LogP contribution in [0.1, 0.15) is 42.1 Å². The molecule has 7 nitrogen and oxygen atoms in total. The maximum Gasteiger partial charge on any atom is 0.325 e. The standard InChI is InChI=1S/C22H26N2O5/c1-4-15(2)16-9-11-17(12-10-16)24-20(25)14-29-21(26)13-23-22(27)18-7-5-6-8-19(18)28-3/h5-12,15H,4,13-14H2,1-3H3,(H,23,27)(H,24,25)/t15-/m0/s1. The average Bonchev–Trinajstić information content (AvgIpc) is 2.75. The normalized spacial score (nSPS) is 11.3. The molecule has 0 aliphatic heterocycles. The zero-order chi connectivity index (χ0) is 21.2. The third kappa shape index (κ3) is 6.64. The molecule has 2 N–H and O–H groups in total. The largest absolute Gasteiger partial charge is 0.496 e. The summed E-state index contributed by atoms with van der Waals surface area (Å²) in [6.45, 7) is 3.47. The summed E-state index contributed by atoms with van der Waals surface area (Å²) in [6, 6.07) is 14.2. The third-order valence-electron chi connectivity index (χ3n) is 4.48. The van der Waals surface area contributed by atoms with Crippen molar-refractivity contribution in [2.45, 2.75) is 26.2 Å². The molecule has 0 radical (unpaired) electrons. The maximum atomic E-state index is 12.1. The van der Waals surface area contributed by atoms with Gasteiger partial charge in [0.25, 0.3) is 11.8 Å². The van der Waals surface area contributed by atoms with Gasteiger partial charge in [0.15, 0.2) is 6.61 Å². The number of hydrogen-bond acceptors (Lipinski definition) is 5. The van der Waals surface area contributed by atoms with Gasteiger partial charge in [0.2, 0.25) is 0 Å². The Morgan fingerprint density at radius 1 is 1.03 bits per heavy atom. The van der Waals surface area contributed by atoms with E-state index in [1.54, 1.807) is 24.3 Å². The van der Waals surface area contributed by atoms with Crippen LogP contribution in [0.3, 0.4) is 0 Å². The van der Waals surface area contributed by atoms with E-state index in [1.165, 1.54) is 12.7 Å². The van der Waals surface area contributed by atoms with Gasteiger partial charge in [0.05, 0.1) is 12.7 Å². The fourth-order valence-electron chi connectivity index (χ4n) is 2.60. The van der Waals surface area contributed by atoms with E-state index in [1.807, 2.05) is 24.3 Å². The van der Waals surface area contributed by atoms with Crippen LogP contribution in [0.25, 0.3) is 0 Å². The molecule has 0 saturated carbocycles. The molecule has 7 heteroatoms. The Balaban J connectivity index is 1.75. The molecule has 2 rings (SSSR count). The highest BCUT2D eigenvalue weighted by atomic mass is 16.5. The number of methoxy groups -OCH3 is 1. The number of amides is 2. The fraction of sp³-hybridized carbons (Fsp3) is 0.318. The molecule has 0 aromatic heterocycles. The lowest BCUT2D eigenvalue weighted by molar-refractivity contribution is -0.146. The number of nitrogens with one attached hydrogen (secondary N) is 2. The van der Waals surface area contributed by atoms with E-state index in [4.69, 9.17) is 9.47 Å². The fourth-order valence-corrected chi connectivity index (χ4v) is 2.60.